The van der Waals surface area contributed by atoms with Crippen LogP contribution in [0.15, 0.2) is 117 Å². The van der Waals surface area contributed by atoms with Crippen LogP contribution in [-0.4, -0.2) is 41.6 Å². The van der Waals surface area contributed by atoms with E-state index in [4.69, 9.17) is 20.0 Å². The number of aromatic nitrogens is 2. The van der Waals surface area contributed by atoms with Gasteiger partial charge in [0.1, 0.15) is 0 Å². The van der Waals surface area contributed by atoms with Gasteiger partial charge in [-0.1, -0.05) is 150 Å². The minimum absolute atomic E-state index is 0.898. The minimum Gasteiger partial charge on any atom is -0.192 e. The Morgan fingerprint density at radius 2 is 0.736 bits per heavy atom. The summed E-state index contributed by atoms with van der Waals surface area (Å²) in [7, 11) is 0. The van der Waals surface area contributed by atoms with E-state index in [0.717, 1.165) is 89.8 Å². The number of hydrogen-bond acceptors (Lipinski definition) is 4. The highest BCUT2D eigenvalue weighted by Gasteiger charge is 2.69. The molecule has 2 aromatic heterocycles. The second-order valence-corrected chi connectivity index (χ2v) is 14.0. The quantitative estimate of drug-likeness (QED) is 0.142. The monoisotopic (exact) mass is 700 g/mol. The van der Waals surface area contributed by atoms with Crippen molar-refractivity contribution in [2.24, 2.45) is 20.0 Å². The fourth-order valence-electron chi connectivity index (χ4n) is 7.88. The van der Waals surface area contributed by atoms with Gasteiger partial charge in [-0.25, -0.2) is 0 Å². The Hall–Kier alpha value is -5.76. The third kappa shape index (κ3) is 4.47. The Morgan fingerprint density at radius 3 is 1.11 bits per heavy atom. The summed E-state index contributed by atoms with van der Waals surface area (Å²) in [6, 6.07) is 34.0. The molecule has 0 bridgehead atoms. The maximum Gasteiger partial charge on any atom is 0.404 e. The van der Waals surface area contributed by atoms with Crippen LogP contribution in [0.4, 0.5) is 11.6 Å². The Bertz CT molecular complexity index is 2530. The summed E-state index contributed by atoms with van der Waals surface area (Å²) in [5, 5.41) is 4.33. The first-order chi connectivity index (χ1) is 26.0. The molecule has 0 N–H and O–H groups in total. The van der Waals surface area contributed by atoms with Crippen LogP contribution in [-0.2, 0) is 5.91 Å². The molecule has 6 aliphatic rings. The van der Waals surface area contributed by atoms with Crippen molar-refractivity contribution in [3.8, 4) is 0 Å². The third-order valence-electron chi connectivity index (χ3n) is 9.38. The first-order valence-corrected chi connectivity index (χ1v) is 19.4. The molecule has 0 aliphatic carbocycles. The van der Waals surface area contributed by atoms with Crippen molar-refractivity contribution < 1.29 is 9.15 Å². The predicted octanol–water partition coefficient (Wildman–Crippen LogP) is 9.37. The van der Waals surface area contributed by atoms with Crippen LogP contribution in [0.2, 0.25) is 0 Å². The van der Waals surface area contributed by atoms with Crippen LogP contribution in [0.1, 0.15) is 103 Å². The second kappa shape index (κ2) is 13.3. The first kappa shape index (κ1) is 34.3. The summed E-state index contributed by atoms with van der Waals surface area (Å²) in [6.45, 7) is 17.0. The second-order valence-electron chi connectivity index (χ2n) is 14.0. The van der Waals surface area contributed by atoms with E-state index in [1.807, 2.05) is 0 Å². The van der Waals surface area contributed by atoms with E-state index in [1.54, 1.807) is 0 Å². The van der Waals surface area contributed by atoms with Crippen LogP contribution in [0.3, 0.4) is 0 Å². The summed E-state index contributed by atoms with van der Waals surface area (Å²) in [5.74, 6) is 4.46. The van der Waals surface area contributed by atoms with Gasteiger partial charge in [-0.2, -0.15) is 9.13 Å². The molecule has 0 saturated carbocycles. The molecule has 8 heteroatoms. The van der Waals surface area contributed by atoms with E-state index in [0.29, 0.717) is 0 Å². The third-order valence-corrected chi connectivity index (χ3v) is 9.38. The number of hydrogen-bond donors (Lipinski definition) is 0. The molecule has 8 heterocycles. The van der Waals surface area contributed by atoms with Crippen LogP contribution >= 0.6 is 0 Å². The molecule has 4 aromatic carbocycles. The molecule has 0 fully saturated rings. The highest BCUT2D eigenvalue weighted by Crippen LogP contribution is 2.52. The zero-order valence-electron chi connectivity index (χ0n) is 32.1. The number of fused-ring (bicyclic) bond motifs is 12. The van der Waals surface area contributed by atoms with E-state index in [-0.39, 0.29) is 0 Å². The molecule has 0 unspecified atom stereocenters. The first-order valence-electron chi connectivity index (χ1n) is 19.4. The molecule has 0 radical (unpaired) electrons. The highest BCUT2D eigenvalue weighted by atomic mass is 15.7. The molecule has 6 aromatic rings. The SMILES string of the molecule is CCC.CCC.CCC.CCC.c1ccc2c(c1)C1=Nc3c4ccccc4c4n3C35n6c(c7ccccc7c6=NC6=[N+]3C(=N4)c3ccccc36)=NC2=[N+]15. The Morgan fingerprint density at radius 1 is 0.415 bits per heavy atom. The molecule has 0 amide bonds. The van der Waals surface area contributed by atoms with E-state index in [1.165, 1.54) is 25.7 Å². The van der Waals surface area contributed by atoms with Crippen LogP contribution in [0, 0.1) is 0 Å². The number of benzene rings is 4. The van der Waals surface area contributed by atoms with Gasteiger partial charge in [0.25, 0.3) is 23.3 Å². The van der Waals surface area contributed by atoms with Crippen molar-refractivity contribution in [3.05, 3.63) is 130 Å². The lowest BCUT2D eigenvalue weighted by atomic mass is 10.1. The topological polar surface area (TPSA) is 65.3 Å². The predicted molar refractivity (Wildman–Crippen MR) is 217 cm³/mol. The number of aliphatic imine (C=N–C) groups is 2. The number of nitrogens with zero attached hydrogens (tertiary/aromatic N) is 8. The molecule has 0 saturated heterocycles. The van der Waals surface area contributed by atoms with Gasteiger partial charge >= 0.3 is 5.91 Å². The van der Waals surface area contributed by atoms with E-state index in [2.05, 4.69) is 171 Å². The Labute approximate surface area is 311 Å². The molecule has 266 valence electrons. The summed E-state index contributed by atoms with van der Waals surface area (Å²) in [4.78, 5) is 21.7. The lowest BCUT2D eigenvalue weighted by Crippen LogP contribution is -2.71. The fourth-order valence-corrected chi connectivity index (χ4v) is 7.88. The molecule has 0 atom stereocenters. The van der Waals surface area contributed by atoms with Gasteiger partial charge in [0.05, 0.1) is 22.3 Å². The van der Waals surface area contributed by atoms with Crippen molar-refractivity contribution in [1.82, 2.24) is 9.13 Å². The fraction of sp³-hybridized carbons (Fsp3) is 0.289. The Kier molecular flexibility index (Phi) is 8.64. The molecular weight excluding hydrogens is 653 g/mol. The minimum atomic E-state index is -0.923. The number of rotatable bonds is 0. The Balaban J connectivity index is 0.000000300. The summed E-state index contributed by atoms with van der Waals surface area (Å²) in [5.41, 5.74) is 6.13. The van der Waals surface area contributed by atoms with Gasteiger partial charge in [-0.3, -0.25) is 0 Å². The van der Waals surface area contributed by atoms with Crippen molar-refractivity contribution in [2.45, 2.75) is 87.0 Å². The molecule has 6 aliphatic heterocycles. The standard InChI is InChI=1S/C33H16N8.4C3H8/c1-2-10-18-17(9-1)25-34-27-19-11-3-4-12-20(19)29-36-31-23-15-7-8-16-24(23)32-37-30-22-14-6-5-13-21(22)28-35-26(18)38(25)33(39(27)29,40(28)30)41(31)32;4*1-3-2/h1-16H;4*3H2,1-2H3/q+2;;;;. The van der Waals surface area contributed by atoms with Gasteiger partial charge < -0.3 is 0 Å². The lowest BCUT2D eigenvalue weighted by Gasteiger charge is -2.40. The van der Waals surface area contributed by atoms with Crippen LogP contribution < -0.4 is 11.0 Å². The summed E-state index contributed by atoms with van der Waals surface area (Å²) < 4.78 is 9.32. The van der Waals surface area contributed by atoms with Gasteiger partial charge in [-0.15, -0.1) is 9.15 Å². The maximum atomic E-state index is 5.42. The zero-order valence-corrected chi connectivity index (χ0v) is 32.1. The van der Waals surface area contributed by atoms with Crippen molar-refractivity contribution >= 4 is 56.5 Å². The van der Waals surface area contributed by atoms with Crippen molar-refractivity contribution in [1.29, 1.82) is 0 Å². The molecule has 53 heavy (non-hydrogen) atoms. The molecule has 12 rings (SSSR count). The smallest absolute Gasteiger partial charge is 0.192 e. The molecule has 8 nitrogen and oxygen atoms in total. The van der Waals surface area contributed by atoms with Crippen LogP contribution in [0.25, 0.3) is 21.5 Å². The van der Waals surface area contributed by atoms with E-state index < -0.39 is 5.91 Å². The summed E-state index contributed by atoms with van der Waals surface area (Å²) >= 11 is 0. The van der Waals surface area contributed by atoms with Gasteiger partial charge in [0.2, 0.25) is 22.6 Å². The van der Waals surface area contributed by atoms with E-state index in [9.17, 15) is 0 Å². The average molecular weight is 701 g/mol. The largest absolute Gasteiger partial charge is 0.404 e. The molecule has 1 spiro atoms. The average Bonchev–Trinajstić information content (AvgIpc) is 3.89. The lowest BCUT2D eigenvalue weighted by molar-refractivity contribution is -0.790. The van der Waals surface area contributed by atoms with Crippen LogP contribution in [0.5, 0.6) is 0 Å². The molecular formula is C45H48N8+2. The summed E-state index contributed by atoms with van der Waals surface area (Å²) in [6.07, 6.45) is 5.00. The maximum absolute atomic E-state index is 5.42. The van der Waals surface area contributed by atoms with Crippen molar-refractivity contribution in [3.63, 3.8) is 0 Å². The number of amidine groups is 4. The van der Waals surface area contributed by atoms with E-state index >= 15 is 0 Å². The van der Waals surface area contributed by atoms with Crippen molar-refractivity contribution in [2.75, 3.05) is 0 Å². The highest BCUT2D eigenvalue weighted by molar-refractivity contribution is 6.20. The normalized spacial score (nSPS) is 15.6. The van der Waals surface area contributed by atoms with Gasteiger partial charge in [-0.05, 0) is 48.5 Å². The van der Waals surface area contributed by atoms with Gasteiger partial charge in [0, 0.05) is 21.5 Å². The van der Waals surface area contributed by atoms with Gasteiger partial charge in [0.15, 0.2) is 0 Å². The zero-order chi connectivity index (χ0) is 37.0.